The van der Waals surface area contributed by atoms with Crippen LogP contribution in [0.2, 0.25) is 5.02 Å². The first-order valence-electron chi connectivity index (χ1n) is 13.0. The Balaban J connectivity index is 0.000000235. The molecule has 1 aromatic heterocycles. The predicted molar refractivity (Wildman–Crippen MR) is 136 cm³/mol. The van der Waals surface area contributed by atoms with Crippen LogP contribution in [0.3, 0.4) is 0 Å². The molecule has 1 unspecified atom stereocenters. The molecule has 2 saturated heterocycles. The normalized spacial score (nSPS) is 21.9. The Hall–Kier alpha value is -1.82. The summed E-state index contributed by atoms with van der Waals surface area (Å²) in [6.45, 7) is 7.99. The molecule has 3 fully saturated rings. The van der Waals surface area contributed by atoms with Crippen molar-refractivity contribution in [3.05, 3.63) is 17.3 Å². The van der Waals surface area contributed by atoms with Crippen LogP contribution in [0.4, 0.5) is 11.5 Å². The molecular formula is C26H41ClN4O2. The molecule has 6 nitrogen and oxygen atoms in total. The minimum absolute atomic E-state index is 0.181. The Kier molecular flexibility index (Phi) is 10.3. The standard InChI is InChI=1S/C17H24ClN3O.C9H17NO/c1-2-13-6-5-8-20(12-13)17-15(18)10-14(11-19-17)21-9-4-3-7-16(21)22;1-2-10(8-11)9-6-4-3-5-7-9/h10-11,13H,2-9,12H2,1H3;8-9H,2-7H2,1H3. The molecule has 33 heavy (non-hydrogen) atoms. The molecule has 1 atom stereocenters. The van der Waals surface area contributed by atoms with Crippen LogP contribution in [-0.2, 0) is 9.59 Å². The fourth-order valence-corrected chi connectivity index (χ4v) is 5.58. The first-order valence-corrected chi connectivity index (χ1v) is 13.4. The zero-order chi connectivity index (χ0) is 23.6. The lowest BCUT2D eigenvalue weighted by Crippen LogP contribution is -2.37. The van der Waals surface area contributed by atoms with E-state index in [1.54, 1.807) is 6.20 Å². The van der Waals surface area contributed by atoms with Crippen LogP contribution in [0.1, 0.15) is 84.5 Å². The Bertz CT molecular complexity index is 769. The molecule has 1 aliphatic carbocycles. The number of halogens is 1. The molecule has 0 bridgehead atoms. The van der Waals surface area contributed by atoms with Gasteiger partial charge < -0.3 is 14.7 Å². The molecule has 0 N–H and O–H groups in total. The highest BCUT2D eigenvalue weighted by Gasteiger charge is 2.24. The fourth-order valence-electron chi connectivity index (χ4n) is 5.30. The van der Waals surface area contributed by atoms with Gasteiger partial charge in [0, 0.05) is 38.6 Å². The second-order valence-corrected chi connectivity index (χ2v) is 10.00. The van der Waals surface area contributed by atoms with E-state index in [0.717, 1.165) is 62.9 Å². The average Bonchev–Trinajstić information content (AvgIpc) is 2.86. The van der Waals surface area contributed by atoms with Crippen molar-refractivity contribution in [1.29, 1.82) is 0 Å². The first kappa shape index (κ1) is 25.8. The molecule has 0 radical (unpaired) electrons. The van der Waals surface area contributed by atoms with Gasteiger partial charge in [0.05, 0.1) is 16.9 Å². The van der Waals surface area contributed by atoms with Gasteiger partial charge in [0.1, 0.15) is 5.82 Å². The molecule has 0 spiro atoms. The van der Waals surface area contributed by atoms with Crippen LogP contribution >= 0.6 is 11.6 Å². The summed E-state index contributed by atoms with van der Waals surface area (Å²) < 4.78 is 0. The van der Waals surface area contributed by atoms with Gasteiger partial charge >= 0.3 is 0 Å². The van der Waals surface area contributed by atoms with E-state index in [1.807, 2.05) is 22.8 Å². The first-order chi connectivity index (χ1) is 16.1. The van der Waals surface area contributed by atoms with Crippen molar-refractivity contribution < 1.29 is 9.59 Å². The lowest BCUT2D eigenvalue weighted by molar-refractivity contribution is -0.121. The Morgan fingerprint density at radius 1 is 1.09 bits per heavy atom. The number of anilines is 2. The van der Waals surface area contributed by atoms with Crippen molar-refractivity contribution in [2.75, 3.05) is 36.0 Å². The third kappa shape index (κ3) is 7.08. The lowest BCUT2D eigenvalue weighted by Gasteiger charge is -2.34. The molecule has 2 amide bonds. The summed E-state index contributed by atoms with van der Waals surface area (Å²) in [5.41, 5.74) is 0.836. The van der Waals surface area contributed by atoms with Gasteiger partial charge in [0.25, 0.3) is 0 Å². The number of nitrogens with zero attached hydrogens (tertiary/aromatic N) is 4. The fraction of sp³-hybridized carbons (Fsp3) is 0.731. The van der Waals surface area contributed by atoms with Gasteiger partial charge in [-0.3, -0.25) is 9.59 Å². The summed E-state index contributed by atoms with van der Waals surface area (Å²) in [6.07, 6.45) is 15.5. The van der Waals surface area contributed by atoms with E-state index in [-0.39, 0.29) is 5.91 Å². The number of hydrogen-bond donors (Lipinski definition) is 0. The van der Waals surface area contributed by atoms with Gasteiger partial charge in [-0.1, -0.05) is 44.2 Å². The molecule has 3 aliphatic rings. The van der Waals surface area contributed by atoms with E-state index in [9.17, 15) is 9.59 Å². The molecule has 1 saturated carbocycles. The topological polar surface area (TPSA) is 56.8 Å². The third-order valence-corrected chi connectivity index (χ3v) is 7.66. The van der Waals surface area contributed by atoms with Crippen molar-refractivity contribution >= 4 is 35.4 Å². The van der Waals surface area contributed by atoms with Gasteiger partial charge in [-0.25, -0.2) is 4.98 Å². The van der Waals surface area contributed by atoms with Crippen LogP contribution in [0.5, 0.6) is 0 Å². The molecule has 4 rings (SSSR count). The number of carbonyl (C=O) groups is 2. The van der Waals surface area contributed by atoms with E-state index in [0.29, 0.717) is 17.5 Å². The number of rotatable bonds is 6. The predicted octanol–water partition coefficient (Wildman–Crippen LogP) is 5.68. The number of aromatic nitrogens is 1. The highest BCUT2D eigenvalue weighted by atomic mass is 35.5. The zero-order valence-electron chi connectivity index (χ0n) is 20.5. The Morgan fingerprint density at radius 3 is 2.52 bits per heavy atom. The average molecular weight is 477 g/mol. The minimum atomic E-state index is 0.181. The highest BCUT2D eigenvalue weighted by molar-refractivity contribution is 6.33. The van der Waals surface area contributed by atoms with E-state index in [4.69, 9.17) is 11.6 Å². The molecule has 7 heteroatoms. The molecule has 3 heterocycles. The van der Waals surface area contributed by atoms with Gasteiger partial charge in [-0.05, 0) is 57.4 Å². The second-order valence-electron chi connectivity index (χ2n) is 9.59. The maximum atomic E-state index is 12.0. The second kappa shape index (κ2) is 13.2. The third-order valence-electron chi connectivity index (χ3n) is 7.38. The van der Waals surface area contributed by atoms with Gasteiger partial charge in [0.2, 0.25) is 12.3 Å². The molecule has 0 aromatic carbocycles. The Morgan fingerprint density at radius 2 is 1.88 bits per heavy atom. The van der Waals surface area contributed by atoms with Gasteiger partial charge in [-0.2, -0.15) is 0 Å². The summed E-state index contributed by atoms with van der Waals surface area (Å²) in [5.74, 6) is 1.78. The number of amides is 2. The smallest absolute Gasteiger partial charge is 0.227 e. The SMILES string of the molecule is CCC1CCCN(c2ncc(N3CCCCC3=O)cc2Cl)C1.CCN(C=O)C1CCCCC1. The van der Waals surface area contributed by atoms with E-state index >= 15 is 0 Å². The molecule has 1 aromatic rings. The van der Waals surface area contributed by atoms with E-state index < -0.39 is 0 Å². The number of pyridine rings is 1. The number of hydrogen-bond acceptors (Lipinski definition) is 4. The van der Waals surface area contributed by atoms with Crippen LogP contribution < -0.4 is 9.80 Å². The van der Waals surface area contributed by atoms with Crippen molar-refractivity contribution in [3.8, 4) is 0 Å². The quantitative estimate of drug-likeness (QED) is 0.496. The van der Waals surface area contributed by atoms with E-state index in [2.05, 4.69) is 16.8 Å². The van der Waals surface area contributed by atoms with Crippen molar-refractivity contribution in [3.63, 3.8) is 0 Å². The zero-order valence-corrected chi connectivity index (χ0v) is 21.2. The van der Waals surface area contributed by atoms with E-state index in [1.165, 1.54) is 51.4 Å². The summed E-state index contributed by atoms with van der Waals surface area (Å²) in [6, 6.07) is 2.45. The van der Waals surface area contributed by atoms with Crippen LogP contribution in [0.15, 0.2) is 12.3 Å². The highest BCUT2D eigenvalue weighted by Crippen LogP contribution is 2.32. The van der Waals surface area contributed by atoms with Crippen molar-refractivity contribution in [1.82, 2.24) is 9.88 Å². The maximum Gasteiger partial charge on any atom is 0.227 e. The molecular weight excluding hydrogens is 436 g/mol. The molecule has 184 valence electrons. The number of carbonyl (C=O) groups excluding carboxylic acids is 2. The number of piperidine rings is 2. The lowest BCUT2D eigenvalue weighted by atomic mass is 9.94. The van der Waals surface area contributed by atoms with Crippen molar-refractivity contribution in [2.45, 2.75) is 90.5 Å². The summed E-state index contributed by atoms with van der Waals surface area (Å²) in [4.78, 5) is 33.2. The minimum Gasteiger partial charge on any atom is -0.355 e. The van der Waals surface area contributed by atoms with Gasteiger partial charge in [0.15, 0.2) is 0 Å². The van der Waals surface area contributed by atoms with Crippen molar-refractivity contribution in [2.24, 2.45) is 5.92 Å². The van der Waals surface area contributed by atoms with Crippen LogP contribution in [0, 0.1) is 5.92 Å². The Labute approximate surface area is 204 Å². The summed E-state index contributed by atoms with van der Waals surface area (Å²) in [7, 11) is 0. The largest absolute Gasteiger partial charge is 0.355 e. The van der Waals surface area contributed by atoms with Gasteiger partial charge in [-0.15, -0.1) is 0 Å². The summed E-state index contributed by atoms with van der Waals surface area (Å²) in [5, 5.41) is 0.660. The summed E-state index contributed by atoms with van der Waals surface area (Å²) >= 11 is 6.48. The monoisotopic (exact) mass is 476 g/mol. The maximum absolute atomic E-state index is 12.0. The van der Waals surface area contributed by atoms with Crippen LogP contribution in [0.25, 0.3) is 0 Å². The van der Waals surface area contributed by atoms with Crippen LogP contribution in [-0.4, -0.2) is 54.4 Å². The molecule has 2 aliphatic heterocycles.